The van der Waals surface area contributed by atoms with Crippen LogP contribution in [0.3, 0.4) is 0 Å². The summed E-state index contributed by atoms with van der Waals surface area (Å²) < 4.78 is 0. The minimum Gasteiger partial charge on any atom is -0.547 e. The van der Waals surface area contributed by atoms with Crippen LogP contribution in [0.1, 0.15) is 0 Å². The fraction of sp³-hybridized carbons (Fsp3) is 0.500. The van der Waals surface area contributed by atoms with E-state index in [9.17, 15) is 39.6 Å². The average molecular weight is 422 g/mol. The molecule has 0 saturated heterocycles. The number of hydrogen-bond acceptors (Lipinski definition) is 12. The minimum atomic E-state index is -2.44. The third-order valence-corrected chi connectivity index (χ3v) is 1.56. The Kier molecular flexibility index (Phi) is 27.0. The third kappa shape index (κ3) is 16.1. The summed E-state index contributed by atoms with van der Waals surface area (Å²) in [5.41, 5.74) is 0. The van der Waals surface area contributed by atoms with Gasteiger partial charge in [-0.1, -0.05) is 0 Å². The van der Waals surface area contributed by atoms with Crippen molar-refractivity contribution in [2.45, 2.75) is 24.4 Å². The minimum absolute atomic E-state index is 0. The molecule has 12 nitrogen and oxygen atoms in total. The number of carbonyl (C=O) groups excluding carboxylic acids is 4. The quantitative estimate of drug-likeness (QED) is 0.292. The van der Waals surface area contributed by atoms with E-state index in [1.54, 1.807) is 0 Å². The smallest absolute Gasteiger partial charge is 0.547 e. The molecule has 0 aliphatic carbocycles. The predicted molar refractivity (Wildman–Crippen MR) is 44.1 cm³/mol. The molecule has 23 heavy (non-hydrogen) atoms. The van der Waals surface area contributed by atoms with Gasteiger partial charge in [0.15, 0.2) is 0 Å². The second-order valence-corrected chi connectivity index (χ2v) is 3.06. The molecule has 0 spiro atoms. The number of hydrogen-bond donors (Lipinski definition) is 4. The molecule has 125 valence electrons. The number of carbonyl (C=O) groups is 4. The predicted octanol–water partition coefficient (Wildman–Crippen LogP) is -15.6. The van der Waals surface area contributed by atoms with Crippen LogP contribution in [0.4, 0.5) is 0 Å². The summed E-state index contributed by atoms with van der Waals surface area (Å²) >= 11 is 0. The summed E-state index contributed by atoms with van der Waals surface area (Å²) in [7, 11) is 0. The SMILES string of the molecule is O=C([O-])C(O)C(O)C(=O)[O-].O=C([O-])C(O)C(O)C(=O)[O-].[Cu+2].[K+].[Na+]. The Balaban J connectivity index is -0.0000000831. The van der Waals surface area contributed by atoms with Gasteiger partial charge in [-0.05, 0) is 0 Å². The van der Waals surface area contributed by atoms with Crippen LogP contribution in [-0.2, 0) is 36.2 Å². The fourth-order valence-corrected chi connectivity index (χ4v) is 0.516. The standard InChI is InChI=1S/2C4H6O6.Cu.K.Na/c2*5-1(3(7)8)2(6)4(9)10;;;/h2*1-2,5-6H,(H,7,8)(H,9,10);;;/q;;+2;2*+1/p-4. The number of aliphatic carboxylic acids is 4. The third-order valence-electron chi connectivity index (χ3n) is 1.56. The first-order chi connectivity index (χ1) is 8.93. The molecule has 0 aromatic rings. The molecule has 0 aromatic heterocycles. The maximum atomic E-state index is 9.63. The zero-order valence-corrected chi connectivity index (χ0v) is 17.7. The zero-order chi connectivity index (χ0) is 16.6. The monoisotopic (exact) mass is 421 g/mol. The molecule has 0 saturated carbocycles. The van der Waals surface area contributed by atoms with Crippen molar-refractivity contribution in [1.29, 1.82) is 0 Å². The number of carboxylic acids is 4. The maximum absolute atomic E-state index is 9.63. The van der Waals surface area contributed by atoms with Crippen LogP contribution in [0.25, 0.3) is 0 Å². The molecule has 4 unspecified atom stereocenters. The van der Waals surface area contributed by atoms with Crippen molar-refractivity contribution in [2.75, 3.05) is 0 Å². The van der Waals surface area contributed by atoms with Gasteiger partial charge in [0.05, 0.1) is 23.9 Å². The van der Waals surface area contributed by atoms with Gasteiger partial charge in [0.25, 0.3) is 0 Å². The molecule has 0 aliphatic rings. The number of rotatable bonds is 6. The van der Waals surface area contributed by atoms with Crippen molar-refractivity contribution in [1.82, 2.24) is 0 Å². The maximum Gasteiger partial charge on any atom is 2.00 e. The Morgan fingerprint density at radius 3 is 0.696 bits per heavy atom. The Morgan fingerprint density at radius 2 is 0.652 bits per heavy atom. The van der Waals surface area contributed by atoms with E-state index in [1.165, 1.54) is 0 Å². The Hall–Kier alpha value is 0.876. The summed E-state index contributed by atoms with van der Waals surface area (Å²) in [6.07, 6.45) is -9.76. The molecule has 0 aliphatic heterocycles. The molecule has 4 atom stereocenters. The van der Waals surface area contributed by atoms with E-state index in [1.807, 2.05) is 0 Å². The van der Waals surface area contributed by atoms with Crippen molar-refractivity contribution in [3.05, 3.63) is 0 Å². The first kappa shape index (κ1) is 35.1. The summed E-state index contributed by atoms with van der Waals surface area (Å²) in [6.45, 7) is 0. The van der Waals surface area contributed by atoms with Crippen molar-refractivity contribution < 1.29 is 158 Å². The average Bonchev–Trinajstić information content (AvgIpc) is 2.35. The summed E-state index contributed by atoms with van der Waals surface area (Å²) in [5, 5.41) is 71.5. The Morgan fingerprint density at radius 1 is 0.565 bits per heavy atom. The van der Waals surface area contributed by atoms with E-state index in [-0.39, 0.29) is 98.0 Å². The number of aliphatic hydroxyl groups excluding tert-OH is 4. The van der Waals surface area contributed by atoms with Gasteiger partial charge in [-0.25, -0.2) is 0 Å². The first-order valence-corrected chi connectivity index (χ1v) is 4.49. The van der Waals surface area contributed by atoms with Crippen LogP contribution in [-0.4, -0.2) is 68.7 Å². The van der Waals surface area contributed by atoms with Gasteiger partial charge in [0.1, 0.15) is 24.4 Å². The normalized spacial score (nSPS) is 13.7. The van der Waals surface area contributed by atoms with Crippen LogP contribution in [0.5, 0.6) is 0 Å². The first-order valence-electron chi connectivity index (χ1n) is 4.49. The van der Waals surface area contributed by atoms with E-state index in [4.69, 9.17) is 20.4 Å². The fourth-order valence-electron chi connectivity index (χ4n) is 0.516. The van der Waals surface area contributed by atoms with E-state index >= 15 is 0 Å². The van der Waals surface area contributed by atoms with Crippen molar-refractivity contribution in [3.8, 4) is 0 Å². The van der Waals surface area contributed by atoms with Crippen LogP contribution >= 0.6 is 0 Å². The van der Waals surface area contributed by atoms with Crippen molar-refractivity contribution >= 4 is 23.9 Å². The van der Waals surface area contributed by atoms with Crippen molar-refractivity contribution in [2.24, 2.45) is 0 Å². The topological polar surface area (TPSA) is 241 Å². The molecule has 0 aromatic carbocycles. The zero-order valence-electron chi connectivity index (χ0n) is 11.7. The van der Waals surface area contributed by atoms with E-state index in [0.717, 1.165) is 0 Å². The molecule has 0 heterocycles. The van der Waals surface area contributed by atoms with Crippen LogP contribution in [0.15, 0.2) is 0 Å². The summed E-state index contributed by atoms with van der Waals surface area (Å²) in [6, 6.07) is 0. The molecular weight excluding hydrogens is 414 g/mol. The molecule has 1 radical (unpaired) electrons. The molecular formula is C8H8CuKNaO12. The second-order valence-electron chi connectivity index (χ2n) is 3.06. The molecule has 0 fully saturated rings. The molecule has 0 rings (SSSR count). The summed E-state index contributed by atoms with van der Waals surface area (Å²) in [5.74, 6) is -8.23. The van der Waals surface area contributed by atoms with E-state index in [2.05, 4.69) is 0 Å². The van der Waals surface area contributed by atoms with Gasteiger partial charge in [0.2, 0.25) is 0 Å². The van der Waals surface area contributed by atoms with Gasteiger partial charge >= 0.3 is 98.0 Å². The number of carboxylic acid groups (broad SMARTS) is 4. The molecule has 4 N–H and O–H groups in total. The van der Waals surface area contributed by atoms with Crippen LogP contribution in [0, 0.1) is 0 Å². The van der Waals surface area contributed by atoms with Gasteiger partial charge in [-0.15, -0.1) is 0 Å². The van der Waals surface area contributed by atoms with Crippen LogP contribution < -0.4 is 101 Å². The largest absolute Gasteiger partial charge is 2.00 e. The van der Waals surface area contributed by atoms with E-state index < -0.39 is 48.3 Å². The van der Waals surface area contributed by atoms with Crippen LogP contribution in [0.2, 0.25) is 0 Å². The molecule has 0 bridgehead atoms. The molecule has 0 amide bonds. The number of aliphatic hydroxyl groups is 4. The van der Waals surface area contributed by atoms with E-state index in [0.29, 0.717) is 0 Å². The van der Waals surface area contributed by atoms with Gasteiger partial charge < -0.3 is 60.0 Å². The second kappa shape index (κ2) is 17.7. The Labute approximate surface area is 203 Å². The Bertz CT molecular complexity index is 321. The van der Waals surface area contributed by atoms with Crippen molar-refractivity contribution in [3.63, 3.8) is 0 Å². The molecule has 15 heteroatoms. The van der Waals surface area contributed by atoms with Gasteiger partial charge in [-0.3, -0.25) is 0 Å². The summed E-state index contributed by atoms with van der Waals surface area (Å²) in [4.78, 5) is 38.5. The van der Waals surface area contributed by atoms with Gasteiger partial charge in [0, 0.05) is 0 Å². The van der Waals surface area contributed by atoms with Gasteiger partial charge in [-0.2, -0.15) is 0 Å².